The summed E-state index contributed by atoms with van der Waals surface area (Å²) in [5.41, 5.74) is 2.62. The van der Waals surface area contributed by atoms with Crippen molar-refractivity contribution < 1.29 is 0 Å². The van der Waals surface area contributed by atoms with Crippen molar-refractivity contribution in [2.45, 2.75) is 0 Å². The van der Waals surface area contributed by atoms with E-state index in [-0.39, 0.29) is 5.69 Å². The van der Waals surface area contributed by atoms with Crippen molar-refractivity contribution in [2.24, 2.45) is 7.05 Å². The normalized spacial score (nSPS) is 11.1. The van der Waals surface area contributed by atoms with E-state index in [0.29, 0.717) is 0 Å². The fourth-order valence-corrected chi connectivity index (χ4v) is 1.78. The second-order valence-corrected chi connectivity index (χ2v) is 3.66. The lowest BCUT2D eigenvalue weighted by Crippen LogP contribution is -2.11. The maximum Gasteiger partial charge on any atom is 0.326 e. The molecule has 0 radical (unpaired) electrons. The molecule has 16 heavy (non-hydrogen) atoms. The Morgan fingerprint density at radius 2 is 2.25 bits per heavy atom. The first-order chi connectivity index (χ1) is 7.75. The predicted molar refractivity (Wildman–Crippen MR) is 60.7 cm³/mol. The SMILES string of the molecule is Cn1c(=O)[nH]c2ccc(-n3ccnc3)cc21. The molecule has 1 aromatic carbocycles. The number of hydrogen-bond donors (Lipinski definition) is 1. The largest absolute Gasteiger partial charge is 0.326 e. The number of hydrogen-bond acceptors (Lipinski definition) is 2. The van der Waals surface area contributed by atoms with E-state index in [2.05, 4.69) is 9.97 Å². The number of H-pyrrole nitrogens is 1. The van der Waals surface area contributed by atoms with E-state index in [0.717, 1.165) is 16.7 Å². The topological polar surface area (TPSA) is 55.6 Å². The van der Waals surface area contributed by atoms with Crippen LogP contribution in [-0.2, 0) is 7.05 Å². The number of nitrogens with zero attached hydrogens (tertiary/aromatic N) is 3. The molecule has 0 aliphatic carbocycles. The first-order valence-corrected chi connectivity index (χ1v) is 4.93. The Morgan fingerprint density at radius 3 is 3.00 bits per heavy atom. The van der Waals surface area contributed by atoms with Gasteiger partial charge in [0.15, 0.2) is 0 Å². The van der Waals surface area contributed by atoms with Gasteiger partial charge in [0.25, 0.3) is 0 Å². The monoisotopic (exact) mass is 214 g/mol. The number of aromatic amines is 1. The fourth-order valence-electron chi connectivity index (χ4n) is 1.78. The molecule has 3 aromatic rings. The van der Waals surface area contributed by atoms with Gasteiger partial charge in [-0.2, -0.15) is 0 Å². The van der Waals surface area contributed by atoms with Crippen LogP contribution in [0.1, 0.15) is 0 Å². The van der Waals surface area contributed by atoms with E-state index in [9.17, 15) is 4.79 Å². The van der Waals surface area contributed by atoms with Gasteiger partial charge in [0.05, 0.1) is 17.4 Å². The molecular weight excluding hydrogens is 204 g/mol. The van der Waals surface area contributed by atoms with Crippen molar-refractivity contribution in [3.05, 3.63) is 47.4 Å². The Morgan fingerprint density at radius 1 is 1.38 bits per heavy atom. The fraction of sp³-hybridized carbons (Fsp3) is 0.0909. The molecule has 1 N–H and O–H groups in total. The molecular formula is C11H10N4O. The van der Waals surface area contributed by atoms with Gasteiger partial charge in [0.2, 0.25) is 0 Å². The minimum Gasteiger partial charge on any atom is -0.306 e. The lowest BCUT2D eigenvalue weighted by atomic mass is 10.2. The van der Waals surface area contributed by atoms with Crippen LogP contribution in [0, 0.1) is 0 Å². The van der Waals surface area contributed by atoms with E-state index in [1.165, 1.54) is 0 Å². The lowest BCUT2D eigenvalue weighted by molar-refractivity contribution is 0.890. The molecule has 0 unspecified atom stereocenters. The average molecular weight is 214 g/mol. The summed E-state index contributed by atoms with van der Waals surface area (Å²) in [6, 6.07) is 5.79. The third-order valence-electron chi connectivity index (χ3n) is 2.69. The maximum atomic E-state index is 11.4. The molecule has 2 heterocycles. The molecule has 0 fully saturated rings. The predicted octanol–water partition coefficient (Wildman–Crippen LogP) is 1.05. The highest BCUT2D eigenvalue weighted by atomic mass is 16.1. The van der Waals surface area contributed by atoms with Crippen molar-refractivity contribution >= 4 is 11.0 Å². The van der Waals surface area contributed by atoms with Gasteiger partial charge in [-0.1, -0.05) is 0 Å². The van der Waals surface area contributed by atoms with Gasteiger partial charge in [-0.3, -0.25) is 4.57 Å². The minimum absolute atomic E-state index is 0.0993. The van der Waals surface area contributed by atoms with Crippen molar-refractivity contribution in [1.29, 1.82) is 0 Å². The summed E-state index contributed by atoms with van der Waals surface area (Å²) in [5.74, 6) is 0. The second kappa shape index (κ2) is 3.10. The molecule has 5 nitrogen and oxygen atoms in total. The summed E-state index contributed by atoms with van der Waals surface area (Å²) in [4.78, 5) is 18.2. The molecule has 0 bridgehead atoms. The van der Waals surface area contributed by atoms with Gasteiger partial charge >= 0.3 is 5.69 Å². The molecule has 0 saturated heterocycles. The Hall–Kier alpha value is -2.30. The minimum atomic E-state index is -0.0993. The third-order valence-corrected chi connectivity index (χ3v) is 2.69. The van der Waals surface area contributed by atoms with Gasteiger partial charge in [-0.15, -0.1) is 0 Å². The Labute approximate surface area is 91.0 Å². The molecule has 0 aliphatic rings. The standard InChI is InChI=1S/C11H10N4O/c1-14-10-6-8(15-5-4-12-7-15)2-3-9(10)13-11(14)16/h2-7H,1H3,(H,13,16). The summed E-state index contributed by atoms with van der Waals surface area (Å²) in [6.45, 7) is 0. The van der Waals surface area contributed by atoms with Crippen LogP contribution in [0.2, 0.25) is 0 Å². The van der Waals surface area contributed by atoms with Crippen LogP contribution in [0.4, 0.5) is 0 Å². The summed E-state index contributed by atoms with van der Waals surface area (Å²) >= 11 is 0. The van der Waals surface area contributed by atoms with Crippen molar-refractivity contribution in [2.75, 3.05) is 0 Å². The number of benzene rings is 1. The number of aromatic nitrogens is 4. The summed E-state index contributed by atoms with van der Waals surface area (Å²) in [6.07, 6.45) is 5.32. The van der Waals surface area contributed by atoms with E-state index >= 15 is 0 Å². The number of fused-ring (bicyclic) bond motifs is 1. The first-order valence-electron chi connectivity index (χ1n) is 4.93. The zero-order chi connectivity index (χ0) is 11.1. The maximum absolute atomic E-state index is 11.4. The molecule has 0 aliphatic heterocycles. The van der Waals surface area contributed by atoms with Crippen molar-refractivity contribution in [3.8, 4) is 5.69 Å². The van der Waals surface area contributed by atoms with Gasteiger partial charge in [0, 0.05) is 25.1 Å². The zero-order valence-corrected chi connectivity index (χ0v) is 8.71. The number of nitrogens with one attached hydrogen (secondary N) is 1. The van der Waals surface area contributed by atoms with Crippen LogP contribution in [0.25, 0.3) is 16.7 Å². The summed E-state index contributed by atoms with van der Waals surface area (Å²) < 4.78 is 3.49. The van der Waals surface area contributed by atoms with Crippen LogP contribution in [0.15, 0.2) is 41.7 Å². The molecule has 0 atom stereocenters. The average Bonchev–Trinajstić information content (AvgIpc) is 2.89. The summed E-state index contributed by atoms with van der Waals surface area (Å²) in [7, 11) is 1.75. The highest BCUT2D eigenvalue weighted by molar-refractivity contribution is 5.77. The van der Waals surface area contributed by atoms with Gasteiger partial charge in [-0.05, 0) is 18.2 Å². The molecule has 3 rings (SSSR count). The molecule has 5 heteroatoms. The smallest absolute Gasteiger partial charge is 0.306 e. The van der Waals surface area contributed by atoms with E-state index in [1.807, 2.05) is 29.0 Å². The first kappa shape index (κ1) is 8.96. The van der Waals surface area contributed by atoms with E-state index in [1.54, 1.807) is 24.1 Å². The number of rotatable bonds is 1. The van der Waals surface area contributed by atoms with Crippen molar-refractivity contribution in [3.63, 3.8) is 0 Å². The Balaban J connectivity index is 2.30. The number of aryl methyl sites for hydroxylation is 1. The van der Waals surface area contributed by atoms with Crippen LogP contribution in [0.3, 0.4) is 0 Å². The Kier molecular flexibility index (Phi) is 1.73. The van der Waals surface area contributed by atoms with Crippen LogP contribution >= 0.6 is 0 Å². The quantitative estimate of drug-likeness (QED) is 0.658. The molecule has 2 aromatic heterocycles. The van der Waals surface area contributed by atoms with Gasteiger partial charge < -0.3 is 9.55 Å². The third kappa shape index (κ3) is 1.18. The van der Waals surface area contributed by atoms with Gasteiger partial charge in [0.1, 0.15) is 0 Å². The van der Waals surface area contributed by atoms with Crippen molar-refractivity contribution in [1.82, 2.24) is 19.1 Å². The molecule has 0 spiro atoms. The summed E-state index contributed by atoms with van der Waals surface area (Å²) in [5, 5.41) is 0. The second-order valence-electron chi connectivity index (χ2n) is 3.66. The zero-order valence-electron chi connectivity index (χ0n) is 8.71. The highest BCUT2D eigenvalue weighted by Crippen LogP contribution is 2.15. The Bertz CT molecular complexity index is 690. The van der Waals surface area contributed by atoms with Crippen LogP contribution in [0.5, 0.6) is 0 Å². The van der Waals surface area contributed by atoms with Crippen LogP contribution in [-0.4, -0.2) is 19.1 Å². The van der Waals surface area contributed by atoms with Crippen LogP contribution < -0.4 is 5.69 Å². The van der Waals surface area contributed by atoms with E-state index in [4.69, 9.17) is 0 Å². The molecule has 80 valence electrons. The highest BCUT2D eigenvalue weighted by Gasteiger charge is 2.04. The van der Waals surface area contributed by atoms with Gasteiger partial charge in [-0.25, -0.2) is 9.78 Å². The molecule has 0 saturated carbocycles. The van der Waals surface area contributed by atoms with E-state index < -0.39 is 0 Å². The number of imidazole rings is 2. The lowest BCUT2D eigenvalue weighted by Gasteiger charge is -2.02. The molecule has 0 amide bonds.